The number of carbonyl (C=O) groups is 1. The van der Waals surface area contributed by atoms with Gasteiger partial charge in [-0.3, -0.25) is 4.79 Å². The Hall–Kier alpha value is -2.51. The molecule has 2 aliphatic rings. The van der Waals surface area contributed by atoms with Crippen LogP contribution in [0.3, 0.4) is 0 Å². The number of hydrogen-bond acceptors (Lipinski definition) is 6. The van der Waals surface area contributed by atoms with Gasteiger partial charge in [-0.1, -0.05) is 11.6 Å². The van der Waals surface area contributed by atoms with Crippen LogP contribution in [0.4, 0.5) is 5.69 Å². The summed E-state index contributed by atoms with van der Waals surface area (Å²) in [5.74, 6) is 1.24. The van der Waals surface area contributed by atoms with Crippen molar-refractivity contribution in [3.05, 3.63) is 41.0 Å². The number of anilines is 1. The van der Waals surface area contributed by atoms with Crippen LogP contribution in [-0.2, 0) is 4.74 Å². The molecular formula is C18H17ClN2O5. The first-order chi connectivity index (χ1) is 12.7. The van der Waals surface area contributed by atoms with E-state index in [1.807, 2.05) is 0 Å². The highest BCUT2D eigenvalue weighted by Gasteiger charge is 2.20. The van der Waals surface area contributed by atoms with Gasteiger partial charge in [0, 0.05) is 24.4 Å². The van der Waals surface area contributed by atoms with E-state index in [9.17, 15) is 4.79 Å². The Kier molecular flexibility index (Phi) is 4.81. The predicted molar refractivity (Wildman–Crippen MR) is 94.5 cm³/mol. The molecule has 1 aromatic carbocycles. The highest BCUT2D eigenvalue weighted by Crippen LogP contribution is 2.33. The molecule has 26 heavy (non-hydrogen) atoms. The number of fused-ring (bicyclic) bond motifs is 1. The normalized spacial score (nSPS) is 18.4. The third kappa shape index (κ3) is 3.68. The van der Waals surface area contributed by atoms with Crippen molar-refractivity contribution in [1.82, 2.24) is 4.98 Å². The third-order valence-electron chi connectivity index (χ3n) is 4.04. The Bertz CT molecular complexity index is 823. The first-order valence-corrected chi connectivity index (χ1v) is 8.68. The van der Waals surface area contributed by atoms with Gasteiger partial charge < -0.3 is 24.3 Å². The number of nitrogens with one attached hydrogen (secondary N) is 1. The van der Waals surface area contributed by atoms with Gasteiger partial charge in [0.15, 0.2) is 11.5 Å². The second kappa shape index (κ2) is 7.39. The minimum atomic E-state index is -0.327. The molecule has 1 unspecified atom stereocenters. The molecule has 136 valence electrons. The van der Waals surface area contributed by atoms with E-state index < -0.39 is 0 Å². The van der Waals surface area contributed by atoms with E-state index >= 15 is 0 Å². The fourth-order valence-corrected chi connectivity index (χ4v) is 2.94. The fourth-order valence-electron chi connectivity index (χ4n) is 2.72. The second-order valence-electron chi connectivity index (χ2n) is 5.93. The smallest absolute Gasteiger partial charge is 0.257 e. The Morgan fingerprint density at radius 2 is 2.04 bits per heavy atom. The van der Waals surface area contributed by atoms with Crippen molar-refractivity contribution in [2.75, 3.05) is 31.7 Å². The van der Waals surface area contributed by atoms with E-state index in [1.165, 1.54) is 12.3 Å². The molecule has 1 aromatic heterocycles. The average Bonchev–Trinajstić information content (AvgIpc) is 3.16. The van der Waals surface area contributed by atoms with E-state index in [-0.39, 0.29) is 17.0 Å². The molecule has 0 spiro atoms. The summed E-state index contributed by atoms with van der Waals surface area (Å²) < 4.78 is 21.9. The van der Waals surface area contributed by atoms with E-state index in [0.29, 0.717) is 55.1 Å². The van der Waals surface area contributed by atoms with Crippen molar-refractivity contribution >= 4 is 23.2 Å². The summed E-state index contributed by atoms with van der Waals surface area (Å²) >= 11 is 6.20. The quantitative estimate of drug-likeness (QED) is 0.883. The lowest BCUT2D eigenvalue weighted by Crippen LogP contribution is -2.18. The molecule has 8 heteroatoms. The molecule has 1 saturated heterocycles. The summed E-state index contributed by atoms with van der Waals surface area (Å²) in [4.78, 5) is 16.6. The molecule has 1 N–H and O–H groups in total. The van der Waals surface area contributed by atoms with Crippen molar-refractivity contribution in [3.8, 4) is 17.4 Å². The minimum absolute atomic E-state index is 0.0580. The van der Waals surface area contributed by atoms with Crippen LogP contribution in [0.25, 0.3) is 0 Å². The molecule has 2 aliphatic heterocycles. The molecule has 3 heterocycles. The predicted octanol–water partition coefficient (Wildman–Crippen LogP) is 2.93. The zero-order chi connectivity index (χ0) is 17.9. The highest BCUT2D eigenvalue weighted by molar-refractivity contribution is 6.32. The number of halogens is 1. The van der Waals surface area contributed by atoms with Crippen molar-refractivity contribution in [3.63, 3.8) is 0 Å². The number of aromatic nitrogens is 1. The molecule has 2 aromatic rings. The lowest BCUT2D eigenvalue weighted by Gasteiger charge is -2.19. The number of rotatable bonds is 4. The van der Waals surface area contributed by atoms with Gasteiger partial charge in [0.05, 0.1) is 18.8 Å². The summed E-state index contributed by atoms with van der Waals surface area (Å²) in [6.45, 7) is 2.18. The summed E-state index contributed by atoms with van der Waals surface area (Å²) in [6, 6.07) is 6.76. The van der Waals surface area contributed by atoms with Gasteiger partial charge in [0.1, 0.15) is 24.3 Å². The van der Waals surface area contributed by atoms with Gasteiger partial charge in [0.25, 0.3) is 5.91 Å². The summed E-state index contributed by atoms with van der Waals surface area (Å²) in [6.07, 6.45) is 2.17. The Morgan fingerprint density at radius 3 is 2.81 bits per heavy atom. The molecular weight excluding hydrogens is 360 g/mol. The van der Waals surface area contributed by atoms with Crippen molar-refractivity contribution in [2.45, 2.75) is 12.5 Å². The summed E-state index contributed by atoms with van der Waals surface area (Å²) in [5.41, 5.74) is 0.929. The summed E-state index contributed by atoms with van der Waals surface area (Å²) in [5, 5.41) is 3.08. The number of benzene rings is 1. The van der Waals surface area contributed by atoms with Crippen LogP contribution in [0.2, 0.25) is 5.02 Å². The number of pyridine rings is 1. The SMILES string of the molecule is O=C(Nc1ccc2c(c1)OCCO2)c1cnc(OC2CCOC2)c(Cl)c1. The average molecular weight is 377 g/mol. The van der Waals surface area contributed by atoms with Gasteiger partial charge >= 0.3 is 0 Å². The lowest BCUT2D eigenvalue weighted by molar-refractivity contribution is 0.102. The van der Waals surface area contributed by atoms with E-state index in [0.717, 1.165) is 6.42 Å². The zero-order valence-electron chi connectivity index (χ0n) is 13.9. The number of ether oxygens (including phenoxy) is 4. The van der Waals surface area contributed by atoms with Crippen LogP contribution in [0.1, 0.15) is 16.8 Å². The maximum Gasteiger partial charge on any atom is 0.257 e. The van der Waals surface area contributed by atoms with E-state index in [1.54, 1.807) is 18.2 Å². The molecule has 0 bridgehead atoms. The van der Waals surface area contributed by atoms with Crippen LogP contribution in [0, 0.1) is 0 Å². The zero-order valence-corrected chi connectivity index (χ0v) is 14.6. The first kappa shape index (κ1) is 16.9. The molecule has 0 aliphatic carbocycles. The molecule has 0 saturated carbocycles. The molecule has 0 radical (unpaired) electrons. The lowest BCUT2D eigenvalue weighted by atomic mass is 10.2. The van der Waals surface area contributed by atoms with E-state index in [2.05, 4.69) is 10.3 Å². The van der Waals surface area contributed by atoms with Crippen molar-refractivity contribution < 1.29 is 23.7 Å². The topological polar surface area (TPSA) is 78.9 Å². The molecule has 4 rings (SSSR count). The molecule has 1 fully saturated rings. The largest absolute Gasteiger partial charge is 0.486 e. The standard InChI is InChI=1S/C18H17ClN2O5/c19-14-7-11(9-20-18(14)26-13-3-4-23-10-13)17(22)21-12-1-2-15-16(8-12)25-6-5-24-15/h1-2,7-9,13H,3-6,10H2,(H,21,22). The molecule has 1 atom stereocenters. The van der Waals surface area contributed by atoms with Gasteiger partial charge in [-0.2, -0.15) is 0 Å². The van der Waals surface area contributed by atoms with Crippen LogP contribution in [0.15, 0.2) is 30.5 Å². The van der Waals surface area contributed by atoms with E-state index in [4.69, 9.17) is 30.5 Å². The Labute approximate surface area is 155 Å². The second-order valence-corrected chi connectivity index (χ2v) is 6.33. The van der Waals surface area contributed by atoms with Crippen LogP contribution < -0.4 is 19.5 Å². The fraction of sp³-hybridized carbons (Fsp3) is 0.333. The maximum atomic E-state index is 12.4. The van der Waals surface area contributed by atoms with Crippen LogP contribution in [-0.4, -0.2) is 43.4 Å². The Balaban J connectivity index is 1.45. The van der Waals surface area contributed by atoms with Crippen LogP contribution >= 0.6 is 11.6 Å². The van der Waals surface area contributed by atoms with Crippen molar-refractivity contribution in [1.29, 1.82) is 0 Å². The summed E-state index contributed by atoms with van der Waals surface area (Å²) in [7, 11) is 0. The first-order valence-electron chi connectivity index (χ1n) is 8.30. The maximum absolute atomic E-state index is 12.4. The van der Waals surface area contributed by atoms with Gasteiger partial charge in [0.2, 0.25) is 5.88 Å². The minimum Gasteiger partial charge on any atom is -0.486 e. The van der Waals surface area contributed by atoms with Gasteiger partial charge in [-0.05, 0) is 18.2 Å². The molecule has 7 nitrogen and oxygen atoms in total. The highest BCUT2D eigenvalue weighted by atomic mass is 35.5. The van der Waals surface area contributed by atoms with Gasteiger partial charge in [-0.15, -0.1) is 0 Å². The van der Waals surface area contributed by atoms with Crippen molar-refractivity contribution in [2.24, 2.45) is 0 Å². The van der Waals surface area contributed by atoms with Gasteiger partial charge in [-0.25, -0.2) is 4.98 Å². The number of amides is 1. The monoisotopic (exact) mass is 376 g/mol. The van der Waals surface area contributed by atoms with Crippen LogP contribution in [0.5, 0.6) is 17.4 Å². The Morgan fingerprint density at radius 1 is 1.19 bits per heavy atom. The number of hydrogen-bond donors (Lipinski definition) is 1. The number of nitrogens with zero attached hydrogens (tertiary/aromatic N) is 1. The molecule has 1 amide bonds. The number of carbonyl (C=O) groups excluding carboxylic acids is 1. The third-order valence-corrected chi connectivity index (χ3v) is 4.31.